The molecule has 1 unspecified atom stereocenters. The molecule has 0 bridgehead atoms. The normalized spacial score (nSPS) is 11.7. The van der Waals surface area contributed by atoms with Gasteiger partial charge in [0.2, 0.25) is 0 Å². The molecular formula is C24H23FN2O4. The van der Waals surface area contributed by atoms with E-state index >= 15 is 0 Å². The molecular weight excluding hydrogens is 399 g/mol. The van der Waals surface area contributed by atoms with Gasteiger partial charge in [-0.3, -0.25) is 14.4 Å². The van der Waals surface area contributed by atoms with Gasteiger partial charge in [-0.1, -0.05) is 49.4 Å². The Morgan fingerprint density at radius 2 is 1.71 bits per heavy atom. The number of rotatable bonds is 7. The van der Waals surface area contributed by atoms with Gasteiger partial charge in [0.15, 0.2) is 11.5 Å². The maximum atomic E-state index is 13.0. The molecule has 0 aliphatic rings. The van der Waals surface area contributed by atoms with Gasteiger partial charge in [-0.25, -0.2) is 4.39 Å². The fourth-order valence-corrected chi connectivity index (χ4v) is 3.29. The first-order chi connectivity index (χ1) is 14.8. The van der Waals surface area contributed by atoms with Crippen LogP contribution in [0.25, 0.3) is 0 Å². The second kappa shape index (κ2) is 9.38. The molecule has 160 valence electrons. The van der Waals surface area contributed by atoms with E-state index < -0.39 is 29.0 Å². The zero-order chi connectivity index (χ0) is 22.5. The molecule has 3 aromatic rings. The summed E-state index contributed by atoms with van der Waals surface area (Å²) in [7, 11) is 1.38. The number of aromatic nitrogens is 1. The Bertz CT molecular complexity index is 1150. The van der Waals surface area contributed by atoms with Crippen molar-refractivity contribution in [3.8, 4) is 5.75 Å². The third-order valence-corrected chi connectivity index (χ3v) is 5.10. The van der Waals surface area contributed by atoms with Crippen LogP contribution in [0.2, 0.25) is 0 Å². The lowest BCUT2D eigenvalue weighted by Crippen LogP contribution is -2.30. The second-order valence-corrected chi connectivity index (χ2v) is 7.42. The number of benzene rings is 2. The Kier molecular flexibility index (Phi) is 6.65. The van der Waals surface area contributed by atoms with E-state index in [9.17, 15) is 23.9 Å². The Balaban J connectivity index is 1.83. The number of carbonyl (C=O) groups is 2. The molecule has 1 amide bonds. The molecule has 0 aliphatic carbocycles. The average Bonchev–Trinajstić information content (AvgIpc) is 2.77. The Morgan fingerprint density at radius 3 is 2.35 bits per heavy atom. The quantitative estimate of drug-likeness (QED) is 0.573. The van der Waals surface area contributed by atoms with Crippen LogP contribution >= 0.6 is 0 Å². The molecule has 0 radical (unpaired) electrons. The van der Waals surface area contributed by atoms with Gasteiger partial charge in [0.1, 0.15) is 5.82 Å². The van der Waals surface area contributed by atoms with Gasteiger partial charge >= 0.3 is 0 Å². The maximum absolute atomic E-state index is 13.0. The zero-order valence-electron chi connectivity index (χ0n) is 17.3. The molecule has 0 saturated heterocycles. The van der Waals surface area contributed by atoms with E-state index in [1.165, 1.54) is 37.4 Å². The Morgan fingerprint density at radius 1 is 1.06 bits per heavy atom. The first kappa shape index (κ1) is 22.0. The highest BCUT2D eigenvalue weighted by molar-refractivity contribution is 6.01. The Hall–Kier alpha value is -3.74. The van der Waals surface area contributed by atoms with Crippen LogP contribution in [-0.2, 0) is 20.0 Å². The molecule has 0 saturated carbocycles. The summed E-state index contributed by atoms with van der Waals surface area (Å²) in [5, 5.41) is 12.8. The SMILES string of the molecule is CC(Cc1ccccc1)C(=O)c1cc(C(=O)NCc2ccc(F)cc2)c(O)c(=O)n1C. The van der Waals surface area contributed by atoms with Crippen molar-refractivity contribution in [1.29, 1.82) is 0 Å². The third kappa shape index (κ3) is 5.06. The number of amides is 1. The number of nitrogens with zero attached hydrogens (tertiary/aromatic N) is 1. The van der Waals surface area contributed by atoms with E-state index in [4.69, 9.17) is 0 Å². The predicted octanol–water partition coefficient (Wildman–Crippen LogP) is 3.22. The number of hydrogen-bond donors (Lipinski definition) is 2. The van der Waals surface area contributed by atoms with Crippen LogP contribution in [0.15, 0.2) is 65.5 Å². The maximum Gasteiger partial charge on any atom is 0.293 e. The van der Waals surface area contributed by atoms with Crippen molar-refractivity contribution in [2.75, 3.05) is 0 Å². The van der Waals surface area contributed by atoms with Crippen molar-refractivity contribution in [1.82, 2.24) is 9.88 Å². The van der Waals surface area contributed by atoms with Crippen molar-refractivity contribution in [3.63, 3.8) is 0 Å². The summed E-state index contributed by atoms with van der Waals surface area (Å²) in [6.07, 6.45) is 0.473. The first-order valence-corrected chi connectivity index (χ1v) is 9.81. The molecule has 31 heavy (non-hydrogen) atoms. The van der Waals surface area contributed by atoms with Crippen molar-refractivity contribution in [3.05, 3.63) is 99.2 Å². The van der Waals surface area contributed by atoms with Crippen LogP contribution in [0.1, 0.15) is 38.9 Å². The summed E-state index contributed by atoms with van der Waals surface area (Å²) in [6.45, 7) is 1.82. The van der Waals surface area contributed by atoms with Gasteiger partial charge in [-0.15, -0.1) is 0 Å². The molecule has 1 aromatic heterocycles. The number of halogens is 1. The largest absolute Gasteiger partial charge is 0.502 e. The van der Waals surface area contributed by atoms with Crippen molar-refractivity contribution in [2.45, 2.75) is 19.9 Å². The van der Waals surface area contributed by atoms with Crippen LogP contribution in [0, 0.1) is 11.7 Å². The van der Waals surface area contributed by atoms with Gasteiger partial charge in [0.05, 0.1) is 11.3 Å². The fraction of sp³-hybridized carbons (Fsp3) is 0.208. The summed E-state index contributed by atoms with van der Waals surface area (Å²) in [4.78, 5) is 38.1. The van der Waals surface area contributed by atoms with Crippen LogP contribution < -0.4 is 10.9 Å². The number of hydrogen-bond acceptors (Lipinski definition) is 4. The number of pyridine rings is 1. The minimum absolute atomic E-state index is 0.0400. The monoisotopic (exact) mass is 422 g/mol. The third-order valence-electron chi connectivity index (χ3n) is 5.10. The summed E-state index contributed by atoms with van der Waals surface area (Å²) in [5.41, 5.74) is 0.554. The number of ketones is 1. The lowest BCUT2D eigenvalue weighted by atomic mass is 9.94. The molecule has 6 nitrogen and oxygen atoms in total. The van der Waals surface area contributed by atoms with Gasteiger partial charge in [-0.2, -0.15) is 0 Å². The van der Waals surface area contributed by atoms with Crippen molar-refractivity contribution in [2.24, 2.45) is 13.0 Å². The van der Waals surface area contributed by atoms with Gasteiger partial charge in [-0.05, 0) is 35.7 Å². The molecule has 7 heteroatoms. The zero-order valence-corrected chi connectivity index (χ0v) is 17.3. The molecule has 1 heterocycles. The van der Waals surface area contributed by atoms with Gasteiger partial charge < -0.3 is 15.0 Å². The number of Topliss-reactive ketones (excluding diaryl/α,β-unsaturated/α-hetero) is 1. The van der Waals surface area contributed by atoms with E-state index in [2.05, 4.69) is 5.32 Å². The molecule has 1 atom stereocenters. The summed E-state index contributed by atoms with van der Waals surface area (Å²) >= 11 is 0. The molecule has 2 N–H and O–H groups in total. The molecule has 2 aromatic carbocycles. The first-order valence-electron chi connectivity index (χ1n) is 9.81. The minimum Gasteiger partial charge on any atom is -0.502 e. The van der Waals surface area contributed by atoms with Crippen LogP contribution in [0.3, 0.4) is 0 Å². The van der Waals surface area contributed by atoms with E-state index in [1.807, 2.05) is 30.3 Å². The van der Waals surface area contributed by atoms with Gasteiger partial charge in [0, 0.05) is 19.5 Å². The van der Waals surface area contributed by atoms with Crippen LogP contribution in [0.5, 0.6) is 5.75 Å². The van der Waals surface area contributed by atoms with E-state index in [0.717, 1.165) is 10.1 Å². The van der Waals surface area contributed by atoms with Crippen molar-refractivity contribution < 1.29 is 19.1 Å². The summed E-state index contributed by atoms with van der Waals surface area (Å²) < 4.78 is 14.1. The average molecular weight is 422 g/mol. The Labute approximate surface area is 179 Å². The topological polar surface area (TPSA) is 88.4 Å². The highest BCUT2D eigenvalue weighted by atomic mass is 19.1. The molecule has 0 aliphatic heterocycles. The molecule has 0 spiro atoms. The highest BCUT2D eigenvalue weighted by Gasteiger charge is 2.24. The smallest absolute Gasteiger partial charge is 0.293 e. The summed E-state index contributed by atoms with van der Waals surface area (Å²) in [6, 6.07) is 16.3. The van der Waals surface area contributed by atoms with Crippen molar-refractivity contribution >= 4 is 11.7 Å². The minimum atomic E-state index is -0.829. The van der Waals surface area contributed by atoms with E-state index in [1.54, 1.807) is 6.92 Å². The lowest BCUT2D eigenvalue weighted by Gasteiger charge is -2.15. The van der Waals surface area contributed by atoms with Crippen LogP contribution in [-0.4, -0.2) is 21.4 Å². The van der Waals surface area contributed by atoms with E-state index in [-0.39, 0.29) is 23.6 Å². The number of aromatic hydroxyl groups is 1. The lowest BCUT2D eigenvalue weighted by molar-refractivity contribution is 0.0919. The number of nitrogens with one attached hydrogen (secondary N) is 1. The standard InChI is InChI=1S/C24H23FN2O4/c1-15(12-16-6-4-3-5-7-16)21(28)20-13-19(22(29)24(31)27(20)2)23(30)26-14-17-8-10-18(25)11-9-17/h3-11,13,15,29H,12,14H2,1-2H3,(H,26,30). The number of carbonyl (C=O) groups excluding carboxylic acids is 2. The second-order valence-electron chi connectivity index (χ2n) is 7.42. The van der Waals surface area contributed by atoms with E-state index in [0.29, 0.717) is 12.0 Å². The highest BCUT2D eigenvalue weighted by Crippen LogP contribution is 2.19. The van der Waals surface area contributed by atoms with Crippen LogP contribution in [0.4, 0.5) is 4.39 Å². The predicted molar refractivity (Wildman–Crippen MR) is 115 cm³/mol. The fourth-order valence-electron chi connectivity index (χ4n) is 3.29. The summed E-state index contributed by atoms with van der Waals surface area (Å²) in [5.74, 6) is -2.58. The van der Waals surface area contributed by atoms with Gasteiger partial charge in [0.25, 0.3) is 11.5 Å². The molecule has 3 rings (SSSR count). The molecule has 0 fully saturated rings.